The van der Waals surface area contributed by atoms with Crippen molar-refractivity contribution < 1.29 is 19.2 Å². The molecule has 0 aliphatic carbocycles. The van der Waals surface area contributed by atoms with Crippen LogP contribution >= 0.6 is 0 Å². The highest BCUT2D eigenvalue weighted by molar-refractivity contribution is 5.91. The summed E-state index contributed by atoms with van der Waals surface area (Å²) in [5.41, 5.74) is 12.0. The third-order valence-corrected chi connectivity index (χ3v) is 3.54. The van der Waals surface area contributed by atoms with Gasteiger partial charge in [-0.1, -0.05) is 24.3 Å². The molecule has 0 atom stereocenters. The lowest BCUT2D eigenvalue weighted by Gasteiger charge is -2.09. The van der Waals surface area contributed by atoms with Crippen molar-refractivity contribution in [2.75, 3.05) is 10.6 Å². The van der Waals surface area contributed by atoms with Crippen molar-refractivity contribution in [3.05, 3.63) is 59.7 Å². The molecular weight excluding hydrogens is 376 g/mol. The number of hydrogen-bond donors (Lipinski definition) is 6. The Hall–Kier alpha value is -4.08. The van der Waals surface area contributed by atoms with Crippen molar-refractivity contribution in [3.8, 4) is 0 Å². The lowest BCUT2D eigenvalue weighted by atomic mass is 10.0. The van der Waals surface area contributed by atoms with E-state index in [9.17, 15) is 19.2 Å². The molecule has 2 aromatic carbocycles. The summed E-state index contributed by atoms with van der Waals surface area (Å²) >= 11 is 0. The zero-order valence-electron chi connectivity index (χ0n) is 16.0. The normalized spacial score (nSPS) is 9.72. The number of hydrogen-bond acceptors (Lipinski definition) is 4. The van der Waals surface area contributed by atoms with Gasteiger partial charge in [0.1, 0.15) is 0 Å². The number of carbonyl (C=O) groups excluding carboxylic acids is 4. The Kier molecular flexibility index (Phi) is 7.54. The summed E-state index contributed by atoms with van der Waals surface area (Å²) in [7, 11) is 0. The molecule has 0 heterocycles. The first-order valence-electron chi connectivity index (χ1n) is 8.67. The van der Waals surface area contributed by atoms with E-state index in [4.69, 9.17) is 0 Å². The first-order valence-corrected chi connectivity index (χ1v) is 8.67. The number of carbonyl (C=O) groups is 4. The Bertz CT molecular complexity index is 807. The Balaban J connectivity index is 1.85. The van der Waals surface area contributed by atoms with Crippen molar-refractivity contribution in [2.24, 2.45) is 0 Å². The van der Waals surface area contributed by atoms with Crippen molar-refractivity contribution in [1.82, 2.24) is 21.7 Å². The van der Waals surface area contributed by atoms with E-state index < -0.39 is 12.1 Å². The molecule has 6 amide bonds. The second-order valence-electron chi connectivity index (χ2n) is 6.09. The fourth-order valence-electron chi connectivity index (χ4n) is 2.26. The SMILES string of the molecule is CC(=O)NNC(=O)Nc1ccc(Cc2ccc(NC(=O)NNC(C)=O)cc2)cc1. The minimum Gasteiger partial charge on any atom is -0.307 e. The predicted molar refractivity (Wildman–Crippen MR) is 108 cm³/mol. The van der Waals surface area contributed by atoms with Crippen LogP contribution in [-0.2, 0) is 16.0 Å². The molecular formula is C19H22N6O4. The van der Waals surface area contributed by atoms with Gasteiger partial charge in [-0.15, -0.1) is 0 Å². The monoisotopic (exact) mass is 398 g/mol. The number of urea groups is 2. The average Bonchev–Trinajstić information content (AvgIpc) is 2.68. The van der Waals surface area contributed by atoms with E-state index in [-0.39, 0.29) is 11.8 Å². The molecule has 2 aromatic rings. The van der Waals surface area contributed by atoms with E-state index in [0.717, 1.165) is 11.1 Å². The first-order chi connectivity index (χ1) is 13.8. The molecule has 0 bridgehead atoms. The van der Waals surface area contributed by atoms with Crippen LogP contribution in [0.2, 0.25) is 0 Å². The lowest BCUT2D eigenvalue weighted by molar-refractivity contribution is -0.120. The maximum absolute atomic E-state index is 11.6. The molecule has 0 radical (unpaired) electrons. The van der Waals surface area contributed by atoms with E-state index in [0.29, 0.717) is 17.8 Å². The van der Waals surface area contributed by atoms with Gasteiger partial charge < -0.3 is 10.6 Å². The molecule has 0 fully saturated rings. The molecule has 10 heteroatoms. The molecule has 29 heavy (non-hydrogen) atoms. The Morgan fingerprint density at radius 2 is 0.931 bits per heavy atom. The van der Waals surface area contributed by atoms with Gasteiger partial charge in [-0.25, -0.2) is 20.4 Å². The van der Waals surface area contributed by atoms with Crippen LogP contribution in [0.4, 0.5) is 21.0 Å². The second-order valence-corrected chi connectivity index (χ2v) is 6.09. The molecule has 0 unspecified atom stereocenters. The molecule has 0 aromatic heterocycles. The molecule has 10 nitrogen and oxygen atoms in total. The molecule has 152 valence electrons. The van der Waals surface area contributed by atoms with Crippen LogP contribution in [0.25, 0.3) is 0 Å². The number of benzene rings is 2. The third kappa shape index (κ3) is 7.99. The summed E-state index contributed by atoms with van der Waals surface area (Å²) in [6.07, 6.45) is 0.663. The van der Waals surface area contributed by atoms with Crippen molar-refractivity contribution >= 4 is 35.3 Å². The first kappa shape index (κ1) is 21.2. The lowest BCUT2D eigenvalue weighted by Crippen LogP contribution is -2.42. The van der Waals surface area contributed by atoms with Gasteiger partial charge in [-0.3, -0.25) is 20.4 Å². The van der Waals surface area contributed by atoms with Gasteiger partial charge in [0.2, 0.25) is 11.8 Å². The average molecular weight is 398 g/mol. The largest absolute Gasteiger partial charge is 0.337 e. The topological polar surface area (TPSA) is 140 Å². The molecule has 0 aliphatic rings. The van der Waals surface area contributed by atoms with Gasteiger partial charge in [-0.2, -0.15) is 0 Å². The smallest absolute Gasteiger partial charge is 0.307 e. The van der Waals surface area contributed by atoms with Crippen molar-refractivity contribution in [2.45, 2.75) is 20.3 Å². The highest BCUT2D eigenvalue weighted by atomic mass is 16.2. The Morgan fingerprint density at radius 1 is 0.586 bits per heavy atom. The molecule has 0 aliphatic heterocycles. The summed E-state index contributed by atoms with van der Waals surface area (Å²) in [6.45, 7) is 2.58. The van der Waals surface area contributed by atoms with E-state index in [1.807, 2.05) is 24.3 Å². The summed E-state index contributed by atoms with van der Waals surface area (Å²) in [5, 5.41) is 5.19. The molecule has 2 rings (SSSR count). The quantitative estimate of drug-likeness (QED) is 0.435. The highest BCUT2D eigenvalue weighted by Gasteiger charge is 2.04. The van der Waals surface area contributed by atoms with Gasteiger partial charge in [0.25, 0.3) is 0 Å². The maximum atomic E-state index is 11.6. The molecule has 6 N–H and O–H groups in total. The van der Waals surface area contributed by atoms with E-state index >= 15 is 0 Å². The highest BCUT2D eigenvalue weighted by Crippen LogP contribution is 2.16. The summed E-state index contributed by atoms with van der Waals surface area (Å²) in [5.74, 6) is -0.741. The van der Waals surface area contributed by atoms with Crippen LogP contribution in [0.15, 0.2) is 48.5 Å². The van der Waals surface area contributed by atoms with E-state index in [1.165, 1.54) is 13.8 Å². The van der Waals surface area contributed by atoms with Crippen LogP contribution in [0, 0.1) is 0 Å². The van der Waals surface area contributed by atoms with Gasteiger partial charge in [0.15, 0.2) is 0 Å². The number of hydrazine groups is 2. The number of amides is 6. The summed E-state index contributed by atoms with van der Waals surface area (Å²) in [4.78, 5) is 44.7. The second kappa shape index (κ2) is 10.3. The van der Waals surface area contributed by atoms with Crippen LogP contribution in [-0.4, -0.2) is 23.9 Å². The third-order valence-electron chi connectivity index (χ3n) is 3.54. The number of anilines is 2. The number of rotatable bonds is 4. The number of nitrogens with one attached hydrogen (secondary N) is 6. The zero-order chi connectivity index (χ0) is 21.2. The Labute approximate surface area is 167 Å². The Morgan fingerprint density at radius 3 is 1.24 bits per heavy atom. The summed E-state index contributed by atoms with van der Waals surface area (Å²) < 4.78 is 0. The zero-order valence-corrected chi connectivity index (χ0v) is 16.0. The van der Waals surface area contributed by atoms with E-state index in [1.54, 1.807) is 24.3 Å². The van der Waals surface area contributed by atoms with Crippen LogP contribution < -0.4 is 32.3 Å². The fourth-order valence-corrected chi connectivity index (χ4v) is 2.26. The van der Waals surface area contributed by atoms with Crippen molar-refractivity contribution in [3.63, 3.8) is 0 Å². The predicted octanol–water partition coefficient (Wildman–Crippen LogP) is 1.62. The standard InChI is InChI=1S/C19H22N6O4/c1-12(26)22-24-18(28)20-16-7-3-14(4-8-16)11-15-5-9-17(10-6-15)21-19(29)25-23-13(2)27/h3-10H,11H2,1-2H3,(H,22,26)(H,23,27)(H2,20,24,28)(H2,21,25,29). The summed E-state index contributed by atoms with van der Waals surface area (Å²) in [6, 6.07) is 13.4. The molecule has 0 saturated heterocycles. The molecule has 0 saturated carbocycles. The van der Waals surface area contributed by atoms with E-state index in [2.05, 4.69) is 32.3 Å². The van der Waals surface area contributed by atoms with Gasteiger partial charge >= 0.3 is 12.1 Å². The van der Waals surface area contributed by atoms with Gasteiger partial charge in [-0.05, 0) is 41.8 Å². The molecule has 0 spiro atoms. The van der Waals surface area contributed by atoms with Crippen molar-refractivity contribution in [1.29, 1.82) is 0 Å². The van der Waals surface area contributed by atoms with Crippen LogP contribution in [0.3, 0.4) is 0 Å². The van der Waals surface area contributed by atoms with Crippen LogP contribution in [0.5, 0.6) is 0 Å². The minimum atomic E-state index is -0.543. The maximum Gasteiger partial charge on any atom is 0.337 e. The van der Waals surface area contributed by atoms with Gasteiger partial charge in [0, 0.05) is 25.2 Å². The minimum absolute atomic E-state index is 0.370. The van der Waals surface area contributed by atoms with Gasteiger partial charge in [0.05, 0.1) is 0 Å². The fraction of sp³-hybridized carbons (Fsp3) is 0.158. The van der Waals surface area contributed by atoms with Crippen LogP contribution in [0.1, 0.15) is 25.0 Å².